The molecular formula is C24H29F2N3O4S. The molecule has 0 heterocycles. The summed E-state index contributed by atoms with van der Waals surface area (Å²) in [6, 6.07) is 9.62. The molecule has 3 rings (SSSR count). The van der Waals surface area contributed by atoms with Crippen molar-refractivity contribution >= 4 is 27.5 Å². The van der Waals surface area contributed by atoms with Gasteiger partial charge in [-0.25, -0.2) is 17.2 Å². The second-order valence-corrected chi connectivity index (χ2v) is 10.4. The number of halogens is 2. The first-order valence-electron chi connectivity index (χ1n) is 11.1. The van der Waals surface area contributed by atoms with Crippen LogP contribution in [0.15, 0.2) is 48.5 Å². The lowest BCUT2D eigenvalue weighted by atomic mass is 10.1. The summed E-state index contributed by atoms with van der Waals surface area (Å²) < 4.78 is 53.5. The first kappa shape index (κ1) is 25.6. The molecule has 1 atom stereocenters. The van der Waals surface area contributed by atoms with Gasteiger partial charge in [0.05, 0.1) is 11.9 Å². The van der Waals surface area contributed by atoms with Gasteiger partial charge in [0.2, 0.25) is 21.8 Å². The van der Waals surface area contributed by atoms with Gasteiger partial charge in [-0.05, 0) is 50.1 Å². The SMILES string of the molecule is CC(C(=O)NC1CCCC1)N(Cc1ccccc1F)C(=O)CN(c1ccc(F)cc1)S(C)(=O)=O. The predicted molar refractivity (Wildman–Crippen MR) is 125 cm³/mol. The standard InChI is InChI=1S/C24H29F2N3O4S/c1-17(24(31)27-20-8-4-5-9-20)28(15-18-7-3-6-10-22(18)26)23(30)16-29(34(2,32)33)21-13-11-19(25)12-14-21/h3,6-7,10-14,17,20H,4-5,8-9,15-16H2,1-2H3,(H,27,31). The minimum absolute atomic E-state index is 0.0205. The van der Waals surface area contributed by atoms with Crippen LogP contribution in [0.3, 0.4) is 0 Å². The van der Waals surface area contributed by atoms with Crippen LogP contribution in [0.5, 0.6) is 0 Å². The number of nitrogens with one attached hydrogen (secondary N) is 1. The molecule has 184 valence electrons. The van der Waals surface area contributed by atoms with Gasteiger partial charge in [0.25, 0.3) is 0 Å². The van der Waals surface area contributed by atoms with Crippen LogP contribution in [-0.4, -0.2) is 50.0 Å². The van der Waals surface area contributed by atoms with E-state index in [1.807, 2.05) is 0 Å². The molecule has 2 aromatic rings. The summed E-state index contributed by atoms with van der Waals surface area (Å²) in [5, 5.41) is 2.94. The van der Waals surface area contributed by atoms with Gasteiger partial charge < -0.3 is 10.2 Å². The van der Waals surface area contributed by atoms with E-state index in [-0.39, 0.29) is 29.7 Å². The van der Waals surface area contributed by atoms with Crippen molar-refractivity contribution in [2.45, 2.75) is 51.2 Å². The molecule has 0 radical (unpaired) electrons. The molecule has 10 heteroatoms. The molecule has 34 heavy (non-hydrogen) atoms. The molecule has 0 spiro atoms. The monoisotopic (exact) mass is 493 g/mol. The fraction of sp³-hybridized carbons (Fsp3) is 0.417. The first-order chi connectivity index (χ1) is 16.1. The lowest BCUT2D eigenvalue weighted by Crippen LogP contribution is -2.52. The number of carbonyl (C=O) groups excluding carboxylic acids is 2. The maximum Gasteiger partial charge on any atom is 0.244 e. The molecule has 2 aromatic carbocycles. The summed E-state index contributed by atoms with van der Waals surface area (Å²) >= 11 is 0. The highest BCUT2D eigenvalue weighted by Crippen LogP contribution is 2.21. The van der Waals surface area contributed by atoms with Crippen molar-refractivity contribution < 1.29 is 26.8 Å². The fourth-order valence-electron chi connectivity index (χ4n) is 4.01. The number of sulfonamides is 1. The van der Waals surface area contributed by atoms with Crippen LogP contribution in [0, 0.1) is 11.6 Å². The molecular weight excluding hydrogens is 464 g/mol. The smallest absolute Gasteiger partial charge is 0.244 e. The lowest BCUT2D eigenvalue weighted by molar-refractivity contribution is -0.139. The van der Waals surface area contributed by atoms with E-state index in [1.54, 1.807) is 6.07 Å². The van der Waals surface area contributed by atoms with Gasteiger partial charge in [-0.15, -0.1) is 0 Å². The van der Waals surface area contributed by atoms with Gasteiger partial charge in [0.1, 0.15) is 24.2 Å². The minimum atomic E-state index is -3.92. The zero-order valence-electron chi connectivity index (χ0n) is 19.2. The van der Waals surface area contributed by atoms with Gasteiger partial charge >= 0.3 is 0 Å². The van der Waals surface area contributed by atoms with E-state index >= 15 is 0 Å². The number of carbonyl (C=O) groups is 2. The zero-order valence-corrected chi connectivity index (χ0v) is 20.0. The van der Waals surface area contributed by atoms with Crippen molar-refractivity contribution in [3.63, 3.8) is 0 Å². The lowest BCUT2D eigenvalue weighted by Gasteiger charge is -2.32. The Bertz CT molecular complexity index is 1120. The number of benzene rings is 2. The Balaban J connectivity index is 1.88. The third kappa shape index (κ3) is 6.53. The largest absolute Gasteiger partial charge is 0.352 e. The van der Waals surface area contributed by atoms with E-state index < -0.39 is 40.2 Å². The van der Waals surface area contributed by atoms with E-state index in [4.69, 9.17) is 0 Å². The Labute approximate surface area is 198 Å². The highest BCUT2D eigenvalue weighted by atomic mass is 32.2. The van der Waals surface area contributed by atoms with Crippen LogP contribution >= 0.6 is 0 Å². The maximum absolute atomic E-state index is 14.4. The Kier molecular flexibility index (Phi) is 8.24. The highest BCUT2D eigenvalue weighted by Gasteiger charge is 2.31. The van der Waals surface area contributed by atoms with E-state index in [0.717, 1.165) is 48.4 Å². The molecule has 1 saturated carbocycles. The number of rotatable bonds is 9. The Morgan fingerprint density at radius 2 is 1.68 bits per heavy atom. The number of nitrogens with zero attached hydrogens (tertiary/aromatic N) is 2. The molecule has 0 aliphatic heterocycles. The summed E-state index contributed by atoms with van der Waals surface area (Å²) in [5.74, 6) is -2.17. The van der Waals surface area contributed by atoms with Crippen LogP contribution in [0.1, 0.15) is 38.2 Å². The summed E-state index contributed by atoms with van der Waals surface area (Å²) in [5.41, 5.74) is 0.301. The van der Waals surface area contributed by atoms with E-state index in [2.05, 4.69) is 5.32 Å². The van der Waals surface area contributed by atoms with Crippen LogP contribution in [0.4, 0.5) is 14.5 Å². The predicted octanol–water partition coefficient (Wildman–Crippen LogP) is 3.21. The minimum Gasteiger partial charge on any atom is -0.352 e. The van der Waals surface area contributed by atoms with Gasteiger partial charge in [0, 0.05) is 18.2 Å². The number of hydrogen-bond acceptors (Lipinski definition) is 4. The maximum atomic E-state index is 14.4. The molecule has 7 nitrogen and oxygen atoms in total. The summed E-state index contributed by atoms with van der Waals surface area (Å²) in [6.07, 6.45) is 4.66. The second-order valence-electron chi connectivity index (χ2n) is 8.53. The third-order valence-corrected chi connectivity index (χ3v) is 7.10. The van der Waals surface area contributed by atoms with Crippen LogP contribution < -0.4 is 9.62 Å². The topological polar surface area (TPSA) is 86.8 Å². The van der Waals surface area contributed by atoms with Gasteiger partial charge in [-0.3, -0.25) is 13.9 Å². The second kappa shape index (κ2) is 10.9. The normalized spacial score (nSPS) is 15.1. The van der Waals surface area contributed by atoms with Gasteiger partial charge in [-0.1, -0.05) is 31.0 Å². The van der Waals surface area contributed by atoms with Crippen LogP contribution in [0.25, 0.3) is 0 Å². The Hall–Kier alpha value is -3.01. The zero-order chi connectivity index (χ0) is 24.9. The highest BCUT2D eigenvalue weighted by molar-refractivity contribution is 7.92. The Morgan fingerprint density at radius 3 is 2.26 bits per heavy atom. The number of amides is 2. The molecule has 1 unspecified atom stereocenters. The molecule has 1 aliphatic rings. The molecule has 1 N–H and O–H groups in total. The first-order valence-corrected chi connectivity index (χ1v) is 13.0. The summed E-state index contributed by atoms with van der Waals surface area (Å²) in [4.78, 5) is 27.5. The molecule has 2 amide bonds. The number of hydrogen-bond donors (Lipinski definition) is 1. The van der Waals surface area contributed by atoms with E-state index in [1.165, 1.54) is 42.2 Å². The third-order valence-electron chi connectivity index (χ3n) is 5.96. The van der Waals surface area contributed by atoms with Crippen molar-refractivity contribution in [2.24, 2.45) is 0 Å². The van der Waals surface area contributed by atoms with Crippen molar-refractivity contribution in [1.29, 1.82) is 0 Å². The van der Waals surface area contributed by atoms with Crippen molar-refractivity contribution in [1.82, 2.24) is 10.2 Å². The van der Waals surface area contributed by atoms with Crippen molar-refractivity contribution in [3.8, 4) is 0 Å². The number of anilines is 1. The van der Waals surface area contributed by atoms with E-state index in [9.17, 15) is 26.8 Å². The average Bonchev–Trinajstić information content (AvgIpc) is 3.29. The average molecular weight is 494 g/mol. The van der Waals surface area contributed by atoms with Crippen LogP contribution in [0.2, 0.25) is 0 Å². The van der Waals surface area contributed by atoms with Gasteiger partial charge in [0.15, 0.2) is 0 Å². The van der Waals surface area contributed by atoms with Crippen molar-refractivity contribution in [3.05, 3.63) is 65.7 Å². The Morgan fingerprint density at radius 1 is 1.06 bits per heavy atom. The van der Waals surface area contributed by atoms with E-state index in [0.29, 0.717) is 0 Å². The molecule has 1 fully saturated rings. The fourth-order valence-corrected chi connectivity index (χ4v) is 4.86. The quantitative estimate of drug-likeness (QED) is 0.581. The summed E-state index contributed by atoms with van der Waals surface area (Å²) in [6.45, 7) is 0.692. The van der Waals surface area contributed by atoms with Gasteiger partial charge in [-0.2, -0.15) is 0 Å². The van der Waals surface area contributed by atoms with Crippen molar-refractivity contribution in [2.75, 3.05) is 17.1 Å². The summed E-state index contributed by atoms with van der Waals surface area (Å²) in [7, 11) is -3.92. The molecule has 0 bridgehead atoms. The molecule has 0 aromatic heterocycles. The molecule has 0 saturated heterocycles. The molecule has 1 aliphatic carbocycles. The van der Waals surface area contributed by atoms with Crippen LogP contribution in [-0.2, 0) is 26.2 Å².